The fourth-order valence-electron chi connectivity index (χ4n) is 3.93. The number of piperazine rings is 1. The highest BCUT2D eigenvalue weighted by atomic mass is 16.6. The van der Waals surface area contributed by atoms with Gasteiger partial charge in [0.25, 0.3) is 5.56 Å². The number of ether oxygens (including phenoxy) is 1. The molecule has 0 radical (unpaired) electrons. The van der Waals surface area contributed by atoms with Crippen LogP contribution < -0.4 is 11.2 Å². The summed E-state index contributed by atoms with van der Waals surface area (Å²) in [5.74, 6) is 0. The number of aromatic nitrogens is 2. The second-order valence-corrected chi connectivity index (χ2v) is 9.38. The van der Waals surface area contributed by atoms with Crippen LogP contribution in [0.3, 0.4) is 0 Å². The van der Waals surface area contributed by atoms with Gasteiger partial charge in [0.15, 0.2) is 0 Å². The first-order chi connectivity index (χ1) is 15.0. The highest BCUT2D eigenvalue weighted by Gasteiger charge is 2.33. The average Bonchev–Trinajstić information content (AvgIpc) is 2.75. The van der Waals surface area contributed by atoms with Crippen LogP contribution in [0.4, 0.5) is 4.79 Å². The molecule has 8 heteroatoms. The van der Waals surface area contributed by atoms with Crippen molar-refractivity contribution < 1.29 is 9.53 Å². The van der Waals surface area contributed by atoms with E-state index >= 15 is 0 Å². The van der Waals surface area contributed by atoms with Crippen molar-refractivity contribution in [1.29, 1.82) is 0 Å². The minimum absolute atomic E-state index is 0.0821. The molecule has 32 heavy (non-hydrogen) atoms. The monoisotopic (exact) mass is 442 g/mol. The molecule has 0 saturated carbocycles. The topological polar surface area (TPSA) is 76.8 Å². The number of hydrogen-bond acceptors (Lipinski definition) is 5. The van der Waals surface area contributed by atoms with E-state index in [-0.39, 0.29) is 23.4 Å². The van der Waals surface area contributed by atoms with Crippen molar-refractivity contribution in [2.24, 2.45) is 14.1 Å². The van der Waals surface area contributed by atoms with Gasteiger partial charge in [0.1, 0.15) is 5.60 Å². The Hall–Kier alpha value is -2.87. The van der Waals surface area contributed by atoms with E-state index in [2.05, 4.69) is 36.1 Å². The van der Waals surface area contributed by atoms with Crippen molar-refractivity contribution in [1.82, 2.24) is 18.9 Å². The minimum Gasteiger partial charge on any atom is -0.444 e. The molecule has 1 atom stereocenters. The van der Waals surface area contributed by atoms with E-state index < -0.39 is 5.60 Å². The molecule has 1 amide bonds. The van der Waals surface area contributed by atoms with Crippen LogP contribution in [-0.2, 0) is 31.8 Å². The van der Waals surface area contributed by atoms with Crippen LogP contribution in [0.2, 0.25) is 0 Å². The predicted octanol–water partition coefficient (Wildman–Crippen LogP) is 2.44. The predicted molar refractivity (Wildman–Crippen MR) is 124 cm³/mol. The van der Waals surface area contributed by atoms with Gasteiger partial charge in [0, 0.05) is 52.0 Å². The number of amides is 1. The van der Waals surface area contributed by atoms with Crippen molar-refractivity contribution >= 4 is 6.09 Å². The summed E-state index contributed by atoms with van der Waals surface area (Å²) in [5.41, 5.74) is 1.76. The molecule has 1 saturated heterocycles. The van der Waals surface area contributed by atoms with Gasteiger partial charge in [-0.2, -0.15) is 0 Å². The molecule has 0 aliphatic carbocycles. The number of nitrogens with zero attached hydrogens (tertiary/aromatic N) is 4. The van der Waals surface area contributed by atoms with Gasteiger partial charge >= 0.3 is 11.8 Å². The average molecular weight is 443 g/mol. The van der Waals surface area contributed by atoms with Crippen LogP contribution in [0.25, 0.3) is 0 Å². The fourth-order valence-corrected chi connectivity index (χ4v) is 3.93. The number of rotatable bonds is 4. The molecular weight excluding hydrogens is 408 g/mol. The molecule has 0 N–H and O–H groups in total. The number of benzene rings is 1. The van der Waals surface area contributed by atoms with Crippen molar-refractivity contribution in [3.05, 3.63) is 68.0 Å². The summed E-state index contributed by atoms with van der Waals surface area (Å²) in [4.78, 5) is 41.3. The summed E-state index contributed by atoms with van der Waals surface area (Å²) in [6, 6.07) is 9.83. The normalized spacial score (nSPS) is 17.4. The lowest BCUT2D eigenvalue weighted by molar-refractivity contribution is 0.00165. The number of carbonyl (C=O) groups is 1. The zero-order chi connectivity index (χ0) is 23.6. The van der Waals surface area contributed by atoms with Gasteiger partial charge in [-0.1, -0.05) is 31.2 Å². The zero-order valence-corrected chi connectivity index (χ0v) is 19.9. The molecule has 1 unspecified atom stereocenters. The lowest BCUT2D eigenvalue weighted by Crippen LogP contribution is -2.51. The quantitative estimate of drug-likeness (QED) is 0.727. The molecule has 0 bridgehead atoms. The van der Waals surface area contributed by atoms with E-state index in [1.54, 1.807) is 11.9 Å². The van der Waals surface area contributed by atoms with Gasteiger partial charge in [-0.05, 0) is 38.3 Å². The third kappa shape index (κ3) is 5.30. The maximum atomic E-state index is 12.7. The first kappa shape index (κ1) is 23.8. The summed E-state index contributed by atoms with van der Waals surface area (Å²) in [5, 5.41) is 0. The molecule has 8 nitrogen and oxygen atoms in total. The van der Waals surface area contributed by atoms with E-state index in [0.717, 1.165) is 16.6 Å². The second-order valence-electron chi connectivity index (χ2n) is 9.38. The van der Waals surface area contributed by atoms with Crippen molar-refractivity contribution in [2.45, 2.75) is 52.3 Å². The summed E-state index contributed by atoms with van der Waals surface area (Å²) in [6.45, 7) is 9.71. The van der Waals surface area contributed by atoms with Gasteiger partial charge in [-0.3, -0.25) is 18.8 Å². The zero-order valence-electron chi connectivity index (χ0n) is 19.9. The summed E-state index contributed by atoms with van der Waals surface area (Å²) >= 11 is 0. The highest BCUT2D eigenvalue weighted by molar-refractivity contribution is 5.68. The molecule has 1 aliphatic rings. The molecule has 174 valence electrons. The van der Waals surface area contributed by atoms with Gasteiger partial charge < -0.3 is 9.64 Å². The maximum Gasteiger partial charge on any atom is 0.410 e. The second kappa shape index (κ2) is 9.32. The Morgan fingerprint density at radius 1 is 1.06 bits per heavy atom. The van der Waals surface area contributed by atoms with Gasteiger partial charge in [-0.25, -0.2) is 9.59 Å². The smallest absolute Gasteiger partial charge is 0.410 e. The molecule has 1 aromatic heterocycles. The Balaban J connectivity index is 1.91. The van der Waals surface area contributed by atoms with E-state index in [9.17, 15) is 14.4 Å². The van der Waals surface area contributed by atoms with Crippen molar-refractivity contribution in [3.8, 4) is 0 Å². The van der Waals surface area contributed by atoms with Crippen LogP contribution in [0.5, 0.6) is 0 Å². The Kier molecular flexibility index (Phi) is 6.93. The van der Waals surface area contributed by atoms with Crippen LogP contribution >= 0.6 is 0 Å². The van der Waals surface area contributed by atoms with Gasteiger partial charge in [0.2, 0.25) is 0 Å². The molecule has 1 aliphatic heterocycles. The highest BCUT2D eigenvalue weighted by Crippen LogP contribution is 2.28. The van der Waals surface area contributed by atoms with Gasteiger partial charge in [0.05, 0.1) is 6.04 Å². The number of carbonyl (C=O) groups excluding carboxylic acids is 1. The SMILES string of the molecule is CCc1ccc(C2CN(C(=O)OC(C)(C)C)CCN2Cc2cc(=O)n(C)c(=O)n2C)cc1. The molecule has 1 aromatic carbocycles. The van der Waals surface area contributed by atoms with Crippen LogP contribution in [-0.4, -0.2) is 50.3 Å². The minimum atomic E-state index is -0.561. The lowest BCUT2D eigenvalue weighted by atomic mass is 10.00. The molecule has 0 spiro atoms. The molecular formula is C24H34N4O4. The summed E-state index contributed by atoms with van der Waals surface area (Å²) in [7, 11) is 3.16. The first-order valence-corrected chi connectivity index (χ1v) is 11.1. The molecule has 2 heterocycles. The van der Waals surface area contributed by atoms with E-state index in [4.69, 9.17) is 4.74 Å². The van der Waals surface area contributed by atoms with E-state index in [1.807, 2.05) is 20.8 Å². The molecule has 1 fully saturated rings. The van der Waals surface area contributed by atoms with E-state index in [0.29, 0.717) is 31.9 Å². The van der Waals surface area contributed by atoms with Crippen LogP contribution in [0.1, 0.15) is 50.6 Å². The fraction of sp³-hybridized carbons (Fsp3) is 0.542. The standard InChI is InChI=1S/C24H34N4O4/c1-7-17-8-10-18(11-9-17)20-16-28(23(31)32-24(2,3)4)13-12-27(20)15-19-14-21(29)26(6)22(30)25(19)5/h8-11,14,20H,7,12-13,15-16H2,1-6H3. The third-order valence-electron chi connectivity index (χ3n) is 5.91. The van der Waals surface area contributed by atoms with Gasteiger partial charge in [-0.15, -0.1) is 0 Å². The van der Waals surface area contributed by atoms with Crippen molar-refractivity contribution in [2.75, 3.05) is 19.6 Å². The van der Waals surface area contributed by atoms with Crippen LogP contribution in [0.15, 0.2) is 39.9 Å². The Labute approximate surface area is 189 Å². The molecule has 3 rings (SSSR count). The Morgan fingerprint density at radius 3 is 2.31 bits per heavy atom. The number of aryl methyl sites for hydroxylation is 1. The first-order valence-electron chi connectivity index (χ1n) is 11.1. The van der Waals surface area contributed by atoms with Crippen LogP contribution in [0, 0.1) is 0 Å². The Morgan fingerprint density at radius 2 is 1.72 bits per heavy atom. The Bertz CT molecular complexity index is 1080. The van der Waals surface area contributed by atoms with E-state index in [1.165, 1.54) is 23.2 Å². The third-order valence-corrected chi connectivity index (χ3v) is 5.91. The van der Waals surface area contributed by atoms with Crippen molar-refractivity contribution in [3.63, 3.8) is 0 Å². The summed E-state index contributed by atoms with van der Waals surface area (Å²) < 4.78 is 8.21. The number of hydrogen-bond donors (Lipinski definition) is 0. The molecule has 2 aromatic rings. The lowest BCUT2D eigenvalue weighted by Gasteiger charge is -2.42. The summed E-state index contributed by atoms with van der Waals surface area (Å²) in [6.07, 6.45) is 0.627. The largest absolute Gasteiger partial charge is 0.444 e. The maximum absolute atomic E-state index is 12.7.